The van der Waals surface area contributed by atoms with E-state index >= 15 is 0 Å². The monoisotopic (exact) mass is 761 g/mol. The highest BCUT2D eigenvalue weighted by Gasteiger charge is 2.28. The van der Waals surface area contributed by atoms with E-state index in [4.69, 9.17) is 0 Å². The summed E-state index contributed by atoms with van der Waals surface area (Å²) in [5.41, 5.74) is 1.71. The Morgan fingerprint density at radius 1 is 0.907 bits per heavy atom. The summed E-state index contributed by atoms with van der Waals surface area (Å²) >= 11 is 0. The molecule has 0 spiro atoms. The number of hydrogen-bond acceptors (Lipinski definition) is 6. The minimum Gasteiger partial charge on any atom is -0.390 e. The third kappa shape index (κ3) is 16.7. The van der Waals surface area contributed by atoms with Gasteiger partial charge in [-0.3, -0.25) is 19.9 Å². The lowest BCUT2D eigenvalue weighted by Crippen LogP contribution is -2.52. The first-order valence-corrected chi connectivity index (χ1v) is 19.6. The predicted octanol–water partition coefficient (Wildman–Crippen LogP) is 6.78. The first-order chi connectivity index (χ1) is 25.8. The molecule has 294 valence electrons. The highest BCUT2D eigenvalue weighted by molar-refractivity contribution is 7.82. The number of hydrogen-bond donors (Lipinski definition) is 4. The molecule has 0 saturated heterocycles. The number of halogens is 1. The standard InChI is InChI=1S/C36H44FN5O4S.C3H8.C2H6.C2H2/c1-25(2)23-42(47(46)30-15-16-31-27(19-30)12-9-17-38-31)24-33(43)32(18-26-10-6-5-7-11-26)41-35(45)21-39-34(44)22-40-36(3,4)28-13-8-14-29(37)20-28;1-3-2;2*1-2/h5-17,19-20,25,32-33,40,43H,18,21-24H2,1-4H3,(H,39,44)(H,41,45);3H2,1-2H3;1-2H3;1-2H/t32-,33+,47?;;;/m0.../s1. The first kappa shape index (κ1) is 47.6. The number of carbonyl (C=O) groups excluding carboxylic acids is 2. The zero-order valence-corrected chi connectivity index (χ0v) is 34.0. The molecule has 4 rings (SSSR count). The Morgan fingerprint density at radius 3 is 2.20 bits per heavy atom. The summed E-state index contributed by atoms with van der Waals surface area (Å²) in [5, 5.41) is 21.0. The highest BCUT2D eigenvalue weighted by atomic mass is 32.2. The van der Waals surface area contributed by atoms with E-state index in [1.807, 2.05) is 96.1 Å². The topological polar surface area (TPSA) is 124 Å². The van der Waals surface area contributed by atoms with Gasteiger partial charge in [-0.15, -0.1) is 12.8 Å². The molecule has 4 aromatic rings. The summed E-state index contributed by atoms with van der Waals surface area (Å²) in [6.07, 6.45) is 10.2. The second-order valence-corrected chi connectivity index (χ2v) is 14.7. The molecule has 0 aliphatic heterocycles. The van der Waals surface area contributed by atoms with Crippen LogP contribution in [0.1, 0.15) is 72.9 Å². The summed E-state index contributed by atoms with van der Waals surface area (Å²) in [6.45, 7) is 16.1. The van der Waals surface area contributed by atoms with Crippen LogP contribution in [0.5, 0.6) is 0 Å². The number of carbonyl (C=O) groups is 2. The van der Waals surface area contributed by atoms with Crippen molar-refractivity contribution < 1.29 is 23.3 Å². The van der Waals surface area contributed by atoms with E-state index in [1.165, 1.54) is 18.6 Å². The molecule has 11 heteroatoms. The molecule has 2 amide bonds. The number of nitrogens with one attached hydrogen (secondary N) is 3. The third-order valence-corrected chi connectivity index (χ3v) is 9.19. The Balaban J connectivity index is 0.00000195. The van der Waals surface area contributed by atoms with Gasteiger partial charge in [-0.25, -0.2) is 12.9 Å². The van der Waals surface area contributed by atoms with Gasteiger partial charge < -0.3 is 15.7 Å². The van der Waals surface area contributed by atoms with E-state index in [0.717, 1.165) is 16.5 Å². The normalized spacial score (nSPS) is 12.5. The van der Waals surface area contributed by atoms with Crippen molar-refractivity contribution >= 4 is 33.7 Å². The molecule has 0 aliphatic carbocycles. The maximum Gasteiger partial charge on any atom is 0.239 e. The quantitative estimate of drug-likeness (QED) is 0.0935. The maximum absolute atomic E-state index is 13.8. The number of rotatable bonds is 16. The summed E-state index contributed by atoms with van der Waals surface area (Å²) in [7, 11) is -1.58. The molecule has 4 N–H and O–H groups in total. The van der Waals surface area contributed by atoms with Crippen LogP contribution < -0.4 is 16.0 Å². The number of aromatic nitrogens is 1. The molecule has 0 bridgehead atoms. The third-order valence-electron chi connectivity index (χ3n) is 7.76. The zero-order chi connectivity index (χ0) is 40.7. The summed E-state index contributed by atoms with van der Waals surface area (Å²) < 4.78 is 29.3. The molecule has 3 aromatic carbocycles. The van der Waals surface area contributed by atoms with Crippen LogP contribution in [0, 0.1) is 24.6 Å². The van der Waals surface area contributed by atoms with Crippen LogP contribution in [-0.4, -0.2) is 68.7 Å². The van der Waals surface area contributed by atoms with Crippen LogP contribution >= 0.6 is 0 Å². The van der Waals surface area contributed by atoms with Crippen LogP contribution in [0.3, 0.4) is 0 Å². The molecule has 1 aromatic heterocycles. The molecule has 0 radical (unpaired) electrons. The Kier molecular flexibility index (Phi) is 22.5. The number of benzene rings is 3. The van der Waals surface area contributed by atoms with E-state index < -0.39 is 40.5 Å². The number of pyridine rings is 1. The molecule has 9 nitrogen and oxygen atoms in total. The van der Waals surface area contributed by atoms with Crippen molar-refractivity contribution in [2.75, 3.05) is 26.2 Å². The molecule has 0 aliphatic rings. The van der Waals surface area contributed by atoms with Crippen molar-refractivity contribution in [3.63, 3.8) is 0 Å². The highest BCUT2D eigenvalue weighted by Crippen LogP contribution is 2.21. The van der Waals surface area contributed by atoms with Gasteiger partial charge in [0.1, 0.15) is 16.8 Å². The van der Waals surface area contributed by atoms with Crippen molar-refractivity contribution in [3.8, 4) is 12.8 Å². The fraction of sp³-hybridized carbons (Fsp3) is 0.419. The van der Waals surface area contributed by atoms with Crippen LogP contribution in [0.25, 0.3) is 10.9 Å². The van der Waals surface area contributed by atoms with Crippen LogP contribution in [0.4, 0.5) is 4.39 Å². The van der Waals surface area contributed by atoms with Gasteiger partial charge in [0.2, 0.25) is 11.8 Å². The molecule has 0 saturated carbocycles. The van der Waals surface area contributed by atoms with E-state index in [2.05, 4.69) is 47.6 Å². The van der Waals surface area contributed by atoms with Crippen molar-refractivity contribution in [2.45, 2.75) is 90.8 Å². The summed E-state index contributed by atoms with van der Waals surface area (Å²) in [6, 6.07) is 24.1. The predicted molar refractivity (Wildman–Crippen MR) is 220 cm³/mol. The van der Waals surface area contributed by atoms with E-state index in [1.54, 1.807) is 28.7 Å². The number of aliphatic hydroxyl groups is 1. The molecule has 1 unspecified atom stereocenters. The van der Waals surface area contributed by atoms with Gasteiger partial charge in [0.15, 0.2) is 0 Å². The Bertz CT molecular complexity index is 1730. The number of nitrogens with zero attached hydrogens (tertiary/aromatic N) is 2. The minimum atomic E-state index is -1.58. The number of fused-ring (bicyclic) bond motifs is 1. The second-order valence-electron chi connectivity index (χ2n) is 13.3. The molecular weight excluding hydrogens is 702 g/mol. The maximum atomic E-state index is 13.8. The Labute approximate surface area is 325 Å². The Morgan fingerprint density at radius 2 is 1.57 bits per heavy atom. The van der Waals surface area contributed by atoms with Gasteiger partial charge in [-0.1, -0.05) is 96.5 Å². The lowest BCUT2D eigenvalue weighted by molar-refractivity contribution is -0.126. The number of aliphatic hydroxyl groups excluding tert-OH is 1. The average molecular weight is 762 g/mol. The minimum absolute atomic E-state index is 0.0408. The average Bonchev–Trinajstić information content (AvgIpc) is 3.17. The van der Waals surface area contributed by atoms with Gasteiger partial charge in [0.05, 0.1) is 35.6 Å². The van der Waals surface area contributed by atoms with Crippen molar-refractivity contribution in [3.05, 3.63) is 108 Å². The van der Waals surface area contributed by atoms with Crippen LogP contribution in [0.2, 0.25) is 0 Å². The molecule has 3 atom stereocenters. The largest absolute Gasteiger partial charge is 0.390 e. The van der Waals surface area contributed by atoms with Crippen LogP contribution in [-0.2, 0) is 32.5 Å². The molecular formula is C43H60FN5O4S. The zero-order valence-electron chi connectivity index (χ0n) is 33.1. The smallest absolute Gasteiger partial charge is 0.239 e. The van der Waals surface area contributed by atoms with Crippen molar-refractivity contribution in [2.24, 2.45) is 5.92 Å². The SMILES string of the molecule is C#C.CC.CC(C)CN(C[C@@H](O)[C@H](Cc1ccccc1)NC(=O)CNC(=O)CNC(C)(C)c1cccc(F)c1)S(=O)c1ccc2ncccc2c1.CCC. The summed E-state index contributed by atoms with van der Waals surface area (Å²) in [5.74, 6) is -1.09. The number of terminal acetylenes is 1. The van der Waals surface area contributed by atoms with Gasteiger partial charge in [0, 0.05) is 30.2 Å². The first-order valence-electron chi connectivity index (χ1n) is 18.5. The second kappa shape index (κ2) is 25.5. The molecule has 1 heterocycles. The van der Waals surface area contributed by atoms with Crippen molar-refractivity contribution in [1.29, 1.82) is 0 Å². The van der Waals surface area contributed by atoms with Gasteiger partial charge in [-0.2, -0.15) is 0 Å². The number of amides is 2. The lowest BCUT2D eigenvalue weighted by Gasteiger charge is -2.30. The Hall–Kier alpha value is -4.47. The van der Waals surface area contributed by atoms with E-state index in [-0.39, 0.29) is 31.4 Å². The fourth-order valence-corrected chi connectivity index (χ4v) is 6.63. The molecule has 54 heavy (non-hydrogen) atoms. The van der Waals surface area contributed by atoms with Gasteiger partial charge in [0.25, 0.3) is 0 Å². The van der Waals surface area contributed by atoms with Gasteiger partial charge >= 0.3 is 0 Å². The summed E-state index contributed by atoms with van der Waals surface area (Å²) in [4.78, 5) is 30.6. The van der Waals surface area contributed by atoms with E-state index in [9.17, 15) is 23.3 Å². The van der Waals surface area contributed by atoms with Crippen LogP contribution in [0.15, 0.2) is 96.0 Å². The fourth-order valence-electron chi connectivity index (χ4n) is 5.20. The van der Waals surface area contributed by atoms with Crippen molar-refractivity contribution in [1.82, 2.24) is 25.2 Å². The van der Waals surface area contributed by atoms with E-state index in [0.29, 0.717) is 23.4 Å². The lowest BCUT2D eigenvalue weighted by atomic mass is 9.94. The molecule has 0 fully saturated rings. The van der Waals surface area contributed by atoms with Gasteiger partial charge in [-0.05, 0) is 73.7 Å².